The van der Waals surface area contributed by atoms with E-state index >= 15 is 0 Å². The minimum atomic E-state index is -1.49. The van der Waals surface area contributed by atoms with E-state index in [4.69, 9.17) is 21.7 Å². The van der Waals surface area contributed by atoms with Gasteiger partial charge in [-0.15, -0.1) is 0 Å². The molecule has 0 radical (unpaired) electrons. The largest absolute Gasteiger partial charge is 0.480 e. The van der Waals surface area contributed by atoms with E-state index in [9.17, 15) is 19.2 Å². The molecule has 3 amide bonds. The Balaban J connectivity index is 5.34. The molecular formula is C19H37N5O6. The van der Waals surface area contributed by atoms with Gasteiger partial charge in [-0.25, -0.2) is 4.79 Å². The van der Waals surface area contributed by atoms with Crippen LogP contribution in [0.25, 0.3) is 0 Å². The molecule has 0 saturated heterocycles. The summed E-state index contributed by atoms with van der Waals surface area (Å²) in [6.45, 7) is 6.65. The number of amides is 3. The number of carbonyl (C=O) groups excluding carboxylic acids is 3. The predicted octanol–water partition coefficient (Wildman–Crippen LogP) is -1.71. The van der Waals surface area contributed by atoms with Crippen LogP contribution in [0.4, 0.5) is 0 Å². The Bertz CT molecular complexity index is 584. The summed E-state index contributed by atoms with van der Waals surface area (Å²) in [5.41, 5.74) is 11.3. The molecule has 0 fully saturated rings. The fourth-order valence-corrected chi connectivity index (χ4v) is 2.57. The van der Waals surface area contributed by atoms with Crippen LogP contribution in [-0.2, 0) is 19.2 Å². The van der Waals surface area contributed by atoms with Crippen LogP contribution in [-0.4, -0.2) is 71.2 Å². The van der Waals surface area contributed by atoms with Crippen LogP contribution in [0, 0.1) is 11.8 Å². The van der Waals surface area contributed by atoms with Crippen molar-refractivity contribution in [1.29, 1.82) is 0 Å². The van der Waals surface area contributed by atoms with Gasteiger partial charge in [0, 0.05) is 0 Å². The topological polar surface area (TPSA) is 197 Å². The monoisotopic (exact) mass is 431 g/mol. The second-order valence-electron chi connectivity index (χ2n) is 7.93. The van der Waals surface area contributed by atoms with E-state index in [0.29, 0.717) is 19.4 Å². The van der Waals surface area contributed by atoms with Crippen molar-refractivity contribution >= 4 is 23.7 Å². The average molecular weight is 432 g/mol. The Morgan fingerprint density at radius 1 is 0.833 bits per heavy atom. The standard InChI is InChI=1S/C19H37N5O6/c1-10(2)14(21)17(27)24-15(11(3)4)18(28)22-12(7-5-6-8-20)16(26)23-13(9-25)19(29)30/h10-15,25H,5-9,20-21H2,1-4H3,(H,22,28)(H,23,26)(H,24,27)(H,29,30). The van der Waals surface area contributed by atoms with E-state index in [1.165, 1.54) is 0 Å². The number of nitrogens with two attached hydrogens (primary N) is 2. The fourth-order valence-electron chi connectivity index (χ4n) is 2.57. The Hall–Kier alpha value is -2.24. The van der Waals surface area contributed by atoms with Crippen molar-refractivity contribution in [3.8, 4) is 0 Å². The summed E-state index contributed by atoms with van der Waals surface area (Å²) in [4.78, 5) is 48.7. The Morgan fingerprint density at radius 3 is 1.83 bits per heavy atom. The maximum absolute atomic E-state index is 12.8. The number of carboxylic acids is 1. The summed E-state index contributed by atoms with van der Waals surface area (Å²) in [6, 6.07) is -4.26. The second-order valence-corrected chi connectivity index (χ2v) is 7.93. The number of aliphatic hydroxyl groups excluding tert-OH is 1. The summed E-state index contributed by atoms with van der Waals surface area (Å²) < 4.78 is 0. The number of carboxylic acid groups (broad SMARTS) is 1. The van der Waals surface area contributed by atoms with Crippen LogP contribution in [0.3, 0.4) is 0 Å². The molecule has 0 saturated carbocycles. The molecule has 174 valence electrons. The number of aliphatic carboxylic acids is 1. The third-order valence-electron chi connectivity index (χ3n) is 4.64. The lowest BCUT2D eigenvalue weighted by atomic mass is 9.99. The van der Waals surface area contributed by atoms with Crippen LogP contribution in [0.2, 0.25) is 0 Å². The third-order valence-corrected chi connectivity index (χ3v) is 4.64. The quantitative estimate of drug-likeness (QED) is 0.158. The summed E-state index contributed by atoms with van der Waals surface area (Å²) >= 11 is 0. The van der Waals surface area contributed by atoms with Gasteiger partial charge in [0.2, 0.25) is 17.7 Å². The molecule has 0 aromatic rings. The molecule has 4 unspecified atom stereocenters. The Kier molecular flexibility index (Phi) is 12.8. The molecule has 9 N–H and O–H groups in total. The van der Waals surface area contributed by atoms with Gasteiger partial charge in [-0.1, -0.05) is 27.7 Å². The van der Waals surface area contributed by atoms with Crippen LogP contribution in [0.5, 0.6) is 0 Å². The van der Waals surface area contributed by atoms with Crippen LogP contribution in [0.15, 0.2) is 0 Å². The van der Waals surface area contributed by atoms with E-state index < -0.39 is 54.5 Å². The van der Waals surface area contributed by atoms with E-state index in [1.807, 2.05) is 0 Å². The molecule has 0 bridgehead atoms. The van der Waals surface area contributed by atoms with E-state index in [0.717, 1.165) is 0 Å². The number of hydrogen-bond donors (Lipinski definition) is 7. The van der Waals surface area contributed by atoms with E-state index in [2.05, 4.69) is 16.0 Å². The smallest absolute Gasteiger partial charge is 0.328 e. The highest BCUT2D eigenvalue weighted by Crippen LogP contribution is 2.08. The van der Waals surface area contributed by atoms with Gasteiger partial charge in [-0.2, -0.15) is 0 Å². The molecule has 11 nitrogen and oxygen atoms in total. The average Bonchev–Trinajstić information content (AvgIpc) is 2.67. The molecule has 0 aliphatic heterocycles. The number of carbonyl (C=O) groups is 4. The van der Waals surface area contributed by atoms with Gasteiger partial charge in [0.15, 0.2) is 0 Å². The normalized spacial score (nSPS) is 15.2. The molecular weight excluding hydrogens is 394 g/mol. The van der Waals surface area contributed by atoms with Gasteiger partial charge >= 0.3 is 5.97 Å². The molecule has 0 aliphatic carbocycles. The van der Waals surface area contributed by atoms with Crippen LogP contribution in [0.1, 0.15) is 47.0 Å². The van der Waals surface area contributed by atoms with Gasteiger partial charge < -0.3 is 37.6 Å². The maximum atomic E-state index is 12.8. The van der Waals surface area contributed by atoms with E-state index in [1.54, 1.807) is 27.7 Å². The molecule has 4 atom stereocenters. The number of unbranched alkanes of at least 4 members (excludes halogenated alkanes) is 1. The second kappa shape index (κ2) is 13.9. The first kappa shape index (κ1) is 27.8. The molecule has 0 heterocycles. The molecule has 0 aromatic carbocycles. The summed E-state index contributed by atoms with van der Waals surface area (Å²) in [7, 11) is 0. The number of nitrogens with one attached hydrogen (secondary N) is 3. The number of aliphatic hydroxyl groups is 1. The molecule has 11 heteroatoms. The van der Waals surface area contributed by atoms with Crippen molar-refractivity contribution in [3.63, 3.8) is 0 Å². The lowest BCUT2D eigenvalue weighted by Crippen LogP contribution is -2.59. The summed E-state index contributed by atoms with van der Waals surface area (Å²) in [6.07, 6.45) is 1.34. The van der Waals surface area contributed by atoms with Crippen molar-refractivity contribution in [2.45, 2.75) is 71.1 Å². The number of rotatable bonds is 14. The summed E-state index contributed by atoms with van der Waals surface area (Å²) in [5, 5.41) is 25.5. The highest BCUT2D eigenvalue weighted by molar-refractivity contribution is 5.94. The van der Waals surface area contributed by atoms with Gasteiger partial charge in [0.05, 0.1) is 12.6 Å². The zero-order chi connectivity index (χ0) is 23.4. The van der Waals surface area contributed by atoms with Crippen LogP contribution < -0.4 is 27.4 Å². The highest BCUT2D eigenvalue weighted by atomic mass is 16.4. The van der Waals surface area contributed by atoms with Crippen molar-refractivity contribution in [3.05, 3.63) is 0 Å². The van der Waals surface area contributed by atoms with Gasteiger partial charge in [0.1, 0.15) is 18.1 Å². The zero-order valence-electron chi connectivity index (χ0n) is 18.2. The van der Waals surface area contributed by atoms with Crippen molar-refractivity contribution < 1.29 is 29.4 Å². The highest BCUT2D eigenvalue weighted by Gasteiger charge is 2.31. The van der Waals surface area contributed by atoms with Gasteiger partial charge in [-0.05, 0) is 37.6 Å². The number of hydrogen-bond acceptors (Lipinski definition) is 7. The SMILES string of the molecule is CC(C)C(N)C(=O)NC(C(=O)NC(CCCCN)C(=O)NC(CO)C(=O)O)C(C)C. The van der Waals surface area contributed by atoms with Crippen LogP contribution >= 0.6 is 0 Å². The lowest BCUT2D eigenvalue weighted by molar-refractivity contribution is -0.143. The first-order valence-electron chi connectivity index (χ1n) is 10.2. The minimum Gasteiger partial charge on any atom is -0.480 e. The lowest BCUT2D eigenvalue weighted by Gasteiger charge is -2.27. The summed E-state index contributed by atoms with van der Waals surface area (Å²) in [5.74, 6) is -3.61. The van der Waals surface area contributed by atoms with E-state index in [-0.39, 0.29) is 18.3 Å². The fraction of sp³-hybridized carbons (Fsp3) is 0.789. The van der Waals surface area contributed by atoms with Gasteiger partial charge in [-0.3, -0.25) is 14.4 Å². The van der Waals surface area contributed by atoms with Gasteiger partial charge in [0.25, 0.3) is 0 Å². The minimum absolute atomic E-state index is 0.123. The molecule has 0 rings (SSSR count). The first-order valence-corrected chi connectivity index (χ1v) is 10.2. The molecule has 0 spiro atoms. The maximum Gasteiger partial charge on any atom is 0.328 e. The molecule has 30 heavy (non-hydrogen) atoms. The molecule has 0 aromatic heterocycles. The van der Waals surface area contributed by atoms with Crippen molar-refractivity contribution in [1.82, 2.24) is 16.0 Å². The Labute approximate surface area is 177 Å². The Morgan fingerprint density at radius 2 is 1.40 bits per heavy atom. The van der Waals surface area contributed by atoms with Crippen molar-refractivity contribution in [2.24, 2.45) is 23.3 Å². The third kappa shape index (κ3) is 9.51. The first-order chi connectivity index (χ1) is 14.0. The molecule has 0 aliphatic rings. The zero-order valence-corrected chi connectivity index (χ0v) is 18.2. The van der Waals surface area contributed by atoms with Crippen molar-refractivity contribution in [2.75, 3.05) is 13.2 Å². The predicted molar refractivity (Wildman–Crippen MR) is 111 cm³/mol.